The summed E-state index contributed by atoms with van der Waals surface area (Å²) < 4.78 is 0. The number of allylic oxidation sites excluding steroid dienone is 2. The molecule has 0 unspecified atom stereocenters. The van der Waals surface area contributed by atoms with Crippen LogP contribution in [0.2, 0.25) is 0 Å². The molecule has 2 aliphatic carbocycles. The van der Waals surface area contributed by atoms with Crippen LogP contribution in [0.15, 0.2) is 120 Å². The molecule has 0 saturated carbocycles. The van der Waals surface area contributed by atoms with Crippen molar-refractivity contribution >= 4 is 34.7 Å². The van der Waals surface area contributed by atoms with Gasteiger partial charge in [0.25, 0.3) is 11.5 Å². The van der Waals surface area contributed by atoms with E-state index in [-0.39, 0.29) is 62.3 Å². The van der Waals surface area contributed by atoms with Gasteiger partial charge in [-0.2, -0.15) is 0 Å². The molecule has 7 heteroatoms. The van der Waals surface area contributed by atoms with Crippen LogP contribution in [-0.4, -0.2) is 33.3 Å². The first kappa shape index (κ1) is 27.2. The molecule has 39 heavy (non-hydrogen) atoms. The second-order valence-corrected chi connectivity index (χ2v) is 8.64. The fourth-order valence-corrected chi connectivity index (χ4v) is 4.46. The van der Waals surface area contributed by atoms with Crippen LogP contribution >= 0.6 is 0 Å². The summed E-state index contributed by atoms with van der Waals surface area (Å²) in [5.41, 5.74) is 2.65. The summed E-state index contributed by atoms with van der Waals surface area (Å²) >= 11 is 0. The van der Waals surface area contributed by atoms with E-state index < -0.39 is 0 Å². The summed E-state index contributed by atoms with van der Waals surface area (Å²) in [7, 11) is 0. The Balaban J connectivity index is 0.000000176. The van der Waals surface area contributed by atoms with Crippen LogP contribution < -0.4 is 0 Å². The second kappa shape index (κ2) is 11.3. The average molecular weight is 561 g/mol. The summed E-state index contributed by atoms with van der Waals surface area (Å²) in [6.45, 7) is 0. The molecule has 0 saturated heterocycles. The standard InChI is InChI=1S/2C16H10O3.Ni/c2*17-14(10-6-2-1-3-7-10)13-15(18)11-8-4-5-9-12(11)16(13)19;/h2*1-9,17H;/q;;+2/p+2. The fraction of sp³-hybridized carbons (Fsp3) is 0. The summed E-state index contributed by atoms with van der Waals surface area (Å²) in [6, 6.07) is 31.0. The van der Waals surface area contributed by atoms with E-state index >= 15 is 0 Å². The minimum atomic E-state index is -0.352. The summed E-state index contributed by atoms with van der Waals surface area (Å²) in [6.07, 6.45) is 0. The Kier molecular flexibility index (Phi) is 7.84. The van der Waals surface area contributed by atoms with E-state index in [1.54, 1.807) is 97.1 Å². The molecule has 6 rings (SSSR count). The first-order valence-electron chi connectivity index (χ1n) is 11.8. The minimum absolute atomic E-state index is 0. The molecule has 4 aromatic rings. The van der Waals surface area contributed by atoms with Crippen LogP contribution in [0, 0.1) is 0 Å². The Hall–Kier alpha value is -4.87. The molecule has 2 aliphatic rings. The smallest absolute Gasteiger partial charge is 0.592 e. The van der Waals surface area contributed by atoms with Crippen molar-refractivity contribution in [2.24, 2.45) is 0 Å². The van der Waals surface area contributed by atoms with Gasteiger partial charge in [0, 0.05) is 22.3 Å². The van der Waals surface area contributed by atoms with Crippen molar-refractivity contribution in [1.82, 2.24) is 0 Å². The maximum Gasteiger partial charge on any atom is 2.00 e. The largest absolute Gasteiger partial charge is 2.00 e. The maximum absolute atomic E-state index is 12.2. The summed E-state index contributed by atoms with van der Waals surface area (Å²) in [5, 5.41) is 16.2. The Labute approximate surface area is 233 Å². The molecule has 0 amide bonds. The van der Waals surface area contributed by atoms with Gasteiger partial charge in [0.1, 0.15) is 0 Å². The molecule has 0 aromatic heterocycles. The Morgan fingerprint density at radius 1 is 0.385 bits per heavy atom. The van der Waals surface area contributed by atoms with Gasteiger partial charge < -0.3 is 10.2 Å². The van der Waals surface area contributed by atoms with Gasteiger partial charge in [-0.05, 0) is 24.3 Å². The molecule has 0 aliphatic heterocycles. The third kappa shape index (κ3) is 4.88. The molecular formula is C32H22NiO6+4. The van der Waals surface area contributed by atoms with E-state index in [9.17, 15) is 19.2 Å². The Morgan fingerprint density at radius 2 is 0.615 bits per heavy atom. The number of rotatable bonds is 2. The minimum Gasteiger partial charge on any atom is -0.592 e. The van der Waals surface area contributed by atoms with Gasteiger partial charge in [-0.1, -0.05) is 84.9 Å². The van der Waals surface area contributed by atoms with Crippen LogP contribution in [-0.2, 0) is 16.5 Å². The van der Waals surface area contributed by atoms with Crippen molar-refractivity contribution in [2.75, 3.05) is 0 Å². The van der Waals surface area contributed by atoms with Crippen LogP contribution in [0.3, 0.4) is 0 Å². The third-order valence-corrected chi connectivity index (χ3v) is 6.37. The van der Waals surface area contributed by atoms with Gasteiger partial charge in [-0.25, -0.2) is 0 Å². The molecule has 4 aromatic carbocycles. The molecule has 0 spiro atoms. The molecule has 0 radical (unpaired) electrons. The van der Waals surface area contributed by atoms with E-state index in [1.807, 2.05) is 12.1 Å². The van der Waals surface area contributed by atoms with Crippen molar-refractivity contribution in [3.63, 3.8) is 0 Å². The van der Waals surface area contributed by atoms with Gasteiger partial charge in [-0.3, -0.25) is 19.2 Å². The molecule has 192 valence electrons. The third-order valence-electron chi connectivity index (χ3n) is 6.37. The van der Waals surface area contributed by atoms with Crippen molar-refractivity contribution in [3.05, 3.63) is 154 Å². The quantitative estimate of drug-likeness (QED) is 0.119. The maximum atomic E-state index is 12.2. The van der Waals surface area contributed by atoms with Crippen LogP contribution in [0.1, 0.15) is 52.6 Å². The Morgan fingerprint density at radius 3 is 0.872 bits per heavy atom. The summed E-state index contributed by atoms with van der Waals surface area (Å²) in [5.74, 6) is -1.42. The zero-order valence-corrected chi connectivity index (χ0v) is 21.3. The molecule has 0 atom stereocenters. The number of ketones is 4. The second-order valence-electron chi connectivity index (χ2n) is 8.64. The van der Waals surface area contributed by atoms with Crippen LogP contribution in [0.5, 0.6) is 0 Å². The first-order chi connectivity index (χ1) is 18.4. The molecule has 0 fully saturated rings. The van der Waals surface area contributed by atoms with Crippen LogP contribution in [0.4, 0.5) is 0 Å². The van der Waals surface area contributed by atoms with Crippen LogP contribution in [0.25, 0.3) is 11.5 Å². The number of hydrogen-bond donors (Lipinski definition) is 0. The van der Waals surface area contributed by atoms with Crippen molar-refractivity contribution in [3.8, 4) is 0 Å². The van der Waals surface area contributed by atoms with Gasteiger partial charge in [-0.15, -0.1) is 0 Å². The number of carbonyl (C=O) groups is 4. The topological polar surface area (TPSA) is 114 Å². The molecule has 0 bridgehead atoms. The van der Waals surface area contributed by atoms with Gasteiger partial charge >= 0.3 is 16.5 Å². The predicted molar refractivity (Wildman–Crippen MR) is 144 cm³/mol. The van der Waals surface area contributed by atoms with Crippen molar-refractivity contribution in [2.45, 2.75) is 0 Å². The van der Waals surface area contributed by atoms with E-state index in [0.29, 0.717) is 33.4 Å². The SMILES string of the molecule is O=C1C(=C([OH2+])c2ccccc2)C(=O)c2ccccc21.O=C1C(=C([OH2+])c2ccccc2)C(=O)c2ccccc21.[Ni+2]. The number of fused-ring (bicyclic) bond motifs is 2. The van der Waals surface area contributed by atoms with Gasteiger partial charge in [0.05, 0.1) is 11.1 Å². The van der Waals surface area contributed by atoms with Crippen molar-refractivity contribution in [1.29, 1.82) is 0 Å². The monoisotopic (exact) mass is 560 g/mol. The van der Waals surface area contributed by atoms with Gasteiger partial charge in [0.2, 0.25) is 23.1 Å². The molecule has 4 N–H and O–H groups in total. The number of benzene rings is 4. The first-order valence-corrected chi connectivity index (χ1v) is 11.8. The normalized spacial score (nSPS) is 13.2. The van der Waals surface area contributed by atoms with Gasteiger partial charge in [0.15, 0.2) is 11.1 Å². The van der Waals surface area contributed by atoms with E-state index in [1.165, 1.54) is 0 Å². The van der Waals surface area contributed by atoms with E-state index in [0.717, 1.165) is 0 Å². The predicted octanol–water partition coefficient (Wildman–Crippen LogP) is 4.40. The zero-order chi connectivity index (χ0) is 26.8. The summed E-state index contributed by atoms with van der Waals surface area (Å²) in [4.78, 5) is 48.9. The van der Waals surface area contributed by atoms with E-state index in [4.69, 9.17) is 10.2 Å². The number of Topliss-reactive ketones (excluding diaryl/α,β-unsaturated/α-hetero) is 4. The fourth-order valence-electron chi connectivity index (χ4n) is 4.46. The van der Waals surface area contributed by atoms with E-state index in [2.05, 4.69) is 0 Å². The molecule has 0 heterocycles. The zero-order valence-electron chi connectivity index (χ0n) is 20.3. The molecule has 6 nitrogen and oxygen atoms in total. The Bertz CT molecular complexity index is 1480. The number of hydrogen-bond acceptors (Lipinski definition) is 4. The molecular weight excluding hydrogens is 539 g/mol. The number of carbonyl (C=O) groups excluding carboxylic acids is 4. The van der Waals surface area contributed by atoms with Crippen molar-refractivity contribution < 1.29 is 45.9 Å². The average Bonchev–Trinajstić information content (AvgIpc) is 3.38.